The van der Waals surface area contributed by atoms with E-state index in [2.05, 4.69) is 57.0 Å². The van der Waals surface area contributed by atoms with Gasteiger partial charge in [-0.3, -0.25) is 38.8 Å². The number of nitrogens with one attached hydrogen (secondary N) is 7. The van der Waals surface area contributed by atoms with Crippen molar-refractivity contribution in [3.63, 3.8) is 0 Å². The molecule has 1 aromatic heterocycles. The van der Waals surface area contributed by atoms with Crippen LogP contribution >= 0.6 is 0 Å². The molecule has 0 unspecified atom stereocenters. The summed E-state index contributed by atoms with van der Waals surface area (Å²) in [4.78, 5) is 111. The Morgan fingerprint density at radius 3 is 1.57 bits per heavy atom. The fourth-order valence-corrected chi connectivity index (χ4v) is 9.64. The lowest BCUT2D eigenvalue weighted by Gasteiger charge is -2.25. The van der Waals surface area contributed by atoms with Crippen LogP contribution in [0.15, 0.2) is 70.6 Å². The molecule has 26 nitrogen and oxygen atoms in total. The van der Waals surface area contributed by atoms with Crippen molar-refractivity contribution in [1.82, 2.24) is 36.1 Å². The predicted octanol–water partition coefficient (Wildman–Crippen LogP) is 0.846. The third-order valence-electron chi connectivity index (χ3n) is 14.0. The van der Waals surface area contributed by atoms with Crippen LogP contribution in [-0.4, -0.2) is 168 Å². The number of benzene rings is 3. The molecule has 19 N–H and O–H groups in total. The van der Waals surface area contributed by atoms with Gasteiger partial charge in [-0.25, -0.2) is 9.78 Å². The van der Waals surface area contributed by atoms with E-state index in [0.717, 1.165) is 51.9 Å². The third kappa shape index (κ3) is 19.8. The van der Waals surface area contributed by atoms with Gasteiger partial charge in [0.05, 0.1) is 23.3 Å². The SMILES string of the molecule is NCCCC[C@H](NC(=O)c1cccc(Nc2c3ccc(NC(=O)CCN4CCCC4)cc3nc3cc(NC(=O)CCN4CCCC4)ccc23)c1)C(=O)N[C@@H](CCCN=C(N)N)C(=O)N[C@@H](CO)C(=O)N[C@@H](CCCN=C(N)N)C(=O)O. The second-order valence-corrected chi connectivity index (χ2v) is 20.3. The van der Waals surface area contributed by atoms with Crippen LogP contribution in [0.25, 0.3) is 21.8 Å². The molecule has 0 bridgehead atoms. The molecule has 2 aliphatic rings. The first-order valence-corrected chi connectivity index (χ1v) is 27.7. The number of aliphatic carboxylic acids is 1. The standard InChI is InChI=1S/C55H79N17O9/c56-21-2-1-12-40(50(77)68-41(13-8-22-61-54(57)58)51(78)70-45(33-73)52(79)69-42(53(80)81)14-9-23-62-55(59)60)67-49(76)34-10-7-11-35(30-34)65-48-38-17-15-36(63-46(74)19-28-71-24-3-4-25-71)31-43(38)66-44-32-37(16-18-39(44)48)64-47(75)20-29-72-26-5-6-27-72/h7,10-11,15-18,30-32,40-42,45,73H,1-6,8-9,12-14,19-29,33,56H2,(H,63,74)(H,64,75)(H,65,66)(H,67,76)(H,68,77)(H,69,79)(H,70,78)(H,80,81)(H4,57,58,61)(H4,59,60,62)/t40-,41-,42-,45-/m0/s1. The minimum atomic E-state index is -1.63. The smallest absolute Gasteiger partial charge is 0.326 e. The molecule has 0 radical (unpaired) electrons. The molecule has 438 valence electrons. The maximum atomic E-state index is 14.2. The third-order valence-corrected chi connectivity index (χ3v) is 14.0. The Hall–Kier alpha value is -8.20. The zero-order valence-electron chi connectivity index (χ0n) is 45.7. The zero-order valence-corrected chi connectivity index (χ0v) is 45.7. The quantitative estimate of drug-likeness (QED) is 0.0139. The van der Waals surface area contributed by atoms with Gasteiger partial charge in [-0.15, -0.1) is 0 Å². The van der Waals surface area contributed by atoms with Crippen LogP contribution < -0.4 is 65.9 Å². The lowest BCUT2D eigenvalue weighted by atomic mass is 10.0. The van der Waals surface area contributed by atoms with Gasteiger partial charge in [0.25, 0.3) is 5.91 Å². The maximum absolute atomic E-state index is 14.2. The molecule has 2 aliphatic heterocycles. The van der Waals surface area contributed by atoms with Crippen molar-refractivity contribution in [2.24, 2.45) is 38.7 Å². The summed E-state index contributed by atoms with van der Waals surface area (Å²) in [6.45, 7) is 4.81. The van der Waals surface area contributed by atoms with Crippen LogP contribution in [0.3, 0.4) is 0 Å². The molecule has 3 heterocycles. The normalized spacial score (nSPS) is 14.9. The fraction of sp³-hybridized carbons (Fsp3) is 0.491. The highest BCUT2D eigenvalue weighted by molar-refractivity contribution is 6.11. The Bertz CT molecular complexity index is 2790. The first-order valence-electron chi connectivity index (χ1n) is 27.7. The number of carbonyl (C=O) groups excluding carboxylic acids is 6. The van der Waals surface area contributed by atoms with E-state index in [0.29, 0.717) is 89.9 Å². The van der Waals surface area contributed by atoms with E-state index in [1.807, 2.05) is 24.3 Å². The van der Waals surface area contributed by atoms with E-state index < -0.39 is 60.4 Å². The number of aliphatic imine (C=N–C) groups is 2. The summed E-state index contributed by atoms with van der Waals surface area (Å²) in [5.41, 5.74) is 31.1. The number of fused-ring (bicyclic) bond motifs is 2. The van der Waals surface area contributed by atoms with Gasteiger partial charge in [-0.2, -0.15) is 0 Å². The van der Waals surface area contributed by atoms with Crippen molar-refractivity contribution < 1.29 is 43.8 Å². The second kappa shape index (κ2) is 31.6. The fourth-order valence-electron chi connectivity index (χ4n) is 9.64. The number of guanidine groups is 2. The summed E-state index contributed by atoms with van der Waals surface area (Å²) in [7, 11) is 0. The van der Waals surface area contributed by atoms with Gasteiger partial charge in [0, 0.05) is 72.4 Å². The van der Waals surface area contributed by atoms with Crippen LogP contribution in [0.2, 0.25) is 0 Å². The van der Waals surface area contributed by atoms with Crippen molar-refractivity contribution in [3.05, 3.63) is 66.2 Å². The van der Waals surface area contributed by atoms with Gasteiger partial charge in [0.2, 0.25) is 29.5 Å². The first kappa shape index (κ1) is 62.0. The van der Waals surface area contributed by atoms with Gasteiger partial charge in [-0.1, -0.05) is 6.07 Å². The van der Waals surface area contributed by atoms with Gasteiger partial charge in [0.1, 0.15) is 24.2 Å². The number of rotatable bonds is 32. The van der Waals surface area contributed by atoms with Gasteiger partial charge in [-0.05, 0) is 158 Å². The molecule has 6 rings (SSSR count). The Morgan fingerprint density at radius 2 is 1.06 bits per heavy atom. The number of aliphatic hydroxyl groups excluding tert-OH is 1. The molecule has 3 aromatic carbocycles. The average Bonchev–Trinajstić information content (AvgIpc) is 4.19. The molecule has 4 aromatic rings. The molecule has 6 amide bonds. The maximum Gasteiger partial charge on any atom is 0.326 e. The topological polar surface area (TPSA) is 418 Å². The summed E-state index contributed by atoms with van der Waals surface area (Å²) in [6.07, 6.45) is 6.46. The number of carboxylic acids is 1. The summed E-state index contributed by atoms with van der Waals surface area (Å²) in [6, 6.07) is 12.0. The minimum absolute atomic E-state index is 0.0597. The molecule has 4 atom stereocenters. The van der Waals surface area contributed by atoms with Crippen molar-refractivity contribution >= 4 is 97.9 Å². The summed E-state index contributed by atoms with van der Waals surface area (Å²) in [5, 5.41) is 41.1. The largest absolute Gasteiger partial charge is 0.480 e. The zero-order chi connectivity index (χ0) is 58.3. The van der Waals surface area contributed by atoms with E-state index in [9.17, 15) is 43.8 Å². The number of amides is 6. The van der Waals surface area contributed by atoms with E-state index in [4.69, 9.17) is 33.7 Å². The Morgan fingerprint density at radius 1 is 0.580 bits per heavy atom. The van der Waals surface area contributed by atoms with Crippen molar-refractivity contribution in [2.45, 2.75) is 108 Å². The number of likely N-dealkylation sites (tertiary alicyclic amines) is 2. The second-order valence-electron chi connectivity index (χ2n) is 20.3. The summed E-state index contributed by atoms with van der Waals surface area (Å²) >= 11 is 0. The number of carbonyl (C=O) groups is 7. The lowest BCUT2D eigenvalue weighted by Crippen LogP contribution is -2.58. The van der Waals surface area contributed by atoms with E-state index >= 15 is 0 Å². The molecule has 81 heavy (non-hydrogen) atoms. The van der Waals surface area contributed by atoms with Crippen molar-refractivity contribution in [2.75, 3.05) is 81.5 Å². The lowest BCUT2D eigenvalue weighted by molar-refractivity contribution is -0.142. The molecule has 2 saturated heterocycles. The number of nitrogens with two attached hydrogens (primary N) is 5. The Balaban J connectivity index is 1.21. The number of pyridine rings is 1. The predicted molar refractivity (Wildman–Crippen MR) is 311 cm³/mol. The number of aliphatic hydroxyl groups is 1. The molecular weight excluding hydrogens is 1040 g/mol. The number of aromatic nitrogens is 1. The number of hydrogen-bond acceptors (Lipinski definition) is 15. The van der Waals surface area contributed by atoms with Crippen LogP contribution in [0.4, 0.5) is 22.7 Å². The van der Waals surface area contributed by atoms with Crippen molar-refractivity contribution in [1.29, 1.82) is 0 Å². The van der Waals surface area contributed by atoms with E-state index in [1.165, 1.54) is 0 Å². The highest BCUT2D eigenvalue weighted by Gasteiger charge is 2.31. The average molecular weight is 1120 g/mol. The monoisotopic (exact) mass is 1120 g/mol. The van der Waals surface area contributed by atoms with Crippen LogP contribution in [0.5, 0.6) is 0 Å². The molecular formula is C55H79N17O9. The molecule has 0 aliphatic carbocycles. The highest BCUT2D eigenvalue weighted by Crippen LogP contribution is 2.36. The number of nitrogens with zero attached hydrogens (tertiary/aromatic N) is 5. The first-order chi connectivity index (χ1) is 39.0. The van der Waals surface area contributed by atoms with Crippen LogP contribution in [0, 0.1) is 0 Å². The van der Waals surface area contributed by atoms with E-state index in [-0.39, 0.29) is 74.5 Å². The molecule has 26 heteroatoms. The van der Waals surface area contributed by atoms with Gasteiger partial charge >= 0.3 is 5.97 Å². The number of anilines is 4. The minimum Gasteiger partial charge on any atom is -0.480 e. The van der Waals surface area contributed by atoms with Gasteiger partial charge in [0.15, 0.2) is 11.9 Å². The molecule has 0 saturated carbocycles. The van der Waals surface area contributed by atoms with Crippen molar-refractivity contribution in [3.8, 4) is 0 Å². The van der Waals surface area contributed by atoms with Gasteiger partial charge < -0.3 is 85.9 Å². The summed E-state index contributed by atoms with van der Waals surface area (Å²) < 4.78 is 0. The van der Waals surface area contributed by atoms with Crippen LogP contribution in [0.1, 0.15) is 93.8 Å². The Kier molecular flexibility index (Phi) is 24.2. The number of hydrogen-bond donors (Lipinski definition) is 14. The van der Waals surface area contributed by atoms with E-state index in [1.54, 1.807) is 36.4 Å². The molecule has 2 fully saturated rings. The number of unbranched alkanes of at least 4 members (excludes halogenated alkanes) is 1. The number of carboxylic acid groups (broad SMARTS) is 1. The summed E-state index contributed by atoms with van der Waals surface area (Å²) in [5.74, 6) is -5.26. The Labute approximate surface area is 470 Å². The highest BCUT2D eigenvalue weighted by atomic mass is 16.4. The molecule has 0 spiro atoms. The van der Waals surface area contributed by atoms with Crippen LogP contribution in [-0.2, 0) is 28.8 Å².